The van der Waals surface area contributed by atoms with Crippen LogP contribution in [0.1, 0.15) is 12.5 Å². The van der Waals surface area contributed by atoms with Crippen LogP contribution in [0.25, 0.3) is 0 Å². The van der Waals surface area contributed by atoms with Crippen molar-refractivity contribution in [3.05, 3.63) is 42.0 Å². The number of nitrogens with one attached hydrogen (secondary N) is 2. The number of hydrogen-bond acceptors (Lipinski definition) is 11. The Kier molecular flexibility index (Phi) is 6.92. The lowest BCUT2D eigenvalue weighted by molar-refractivity contribution is -0.113. The number of amides is 1. The summed E-state index contributed by atoms with van der Waals surface area (Å²) in [6, 6.07) is 10.7. The zero-order valence-electron chi connectivity index (χ0n) is 18.7. The molecule has 1 aliphatic heterocycles. The van der Waals surface area contributed by atoms with Crippen molar-refractivity contribution in [2.24, 2.45) is 5.10 Å². The van der Waals surface area contributed by atoms with Crippen LogP contribution in [0.4, 0.5) is 11.6 Å². The van der Waals surface area contributed by atoms with Crippen LogP contribution < -0.4 is 35.5 Å². The van der Waals surface area contributed by atoms with Gasteiger partial charge in [-0.3, -0.25) is 4.79 Å². The Hall–Kier alpha value is -4.13. The standard InChI is InChI=1S/C21H23N7O5S/c1-12(13-4-7-16-18(8-13)33-11-32-16)24-25-20-26-27-21(28(20)22)34-10-19(29)23-15-6-5-14(30-2)9-17(15)31-3/h4-9H,10-11,22H2,1-3H3,(H,23,29)(H,25,26)/b24-12+. The second kappa shape index (κ2) is 10.2. The van der Waals surface area contributed by atoms with E-state index in [9.17, 15) is 4.79 Å². The van der Waals surface area contributed by atoms with Crippen LogP contribution in [0.15, 0.2) is 46.7 Å². The number of hydrazone groups is 1. The summed E-state index contributed by atoms with van der Waals surface area (Å²) in [7, 11) is 3.07. The van der Waals surface area contributed by atoms with E-state index in [0.29, 0.717) is 39.6 Å². The number of benzene rings is 2. The van der Waals surface area contributed by atoms with Crippen molar-refractivity contribution >= 4 is 35.0 Å². The van der Waals surface area contributed by atoms with Gasteiger partial charge in [0.2, 0.25) is 17.9 Å². The first kappa shape index (κ1) is 23.0. The summed E-state index contributed by atoms with van der Waals surface area (Å²) in [4.78, 5) is 12.4. The first-order valence-corrected chi connectivity index (χ1v) is 11.0. The molecule has 178 valence electrons. The molecule has 0 saturated carbocycles. The summed E-state index contributed by atoms with van der Waals surface area (Å²) in [5.41, 5.74) is 4.85. The highest BCUT2D eigenvalue weighted by Gasteiger charge is 2.16. The highest BCUT2D eigenvalue weighted by atomic mass is 32.2. The number of hydrogen-bond donors (Lipinski definition) is 3. The smallest absolute Gasteiger partial charge is 0.264 e. The van der Waals surface area contributed by atoms with E-state index >= 15 is 0 Å². The third-order valence-electron chi connectivity index (χ3n) is 4.79. The highest BCUT2D eigenvalue weighted by Crippen LogP contribution is 2.33. The highest BCUT2D eigenvalue weighted by molar-refractivity contribution is 7.99. The van der Waals surface area contributed by atoms with E-state index in [2.05, 4.69) is 26.0 Å². The van der Waals surface area contributed by atoms with Gasteiger partial charge in [0.15, 0.2) is 11.5 Å². The number of nitrogen functional groups attached to an aromatic ring is 1. The van der Waals surface area contributed by atoms with E-state index < -0.39 is 0 Å². The van der Waals surface area contributed by atoms with E-state index in [4.69, 9.17) is 24.8 Å². The molecule has 0 fully saturated rings. The molecule has 2 aromatic carbocycles. The fourth-order valence-corrected chi connectivity index (χ4v) is 3.65. The first-order chi connectivity index (χ1) is 16.5. The number of thioether (sulfide) groups is 1. The van der Waals surface area contributed by atoms with Crippen molar-refractivity contribution in [1.29, 1.82) is 0 Å². The van der Waals surface area contributed by atoms with Gasteiger partial charge in [0, 0.05) is 11.6 Å². The zero-order valence-corrected chi connectivity index (χ0v) is 19.5. The van der Waals surface area contributed by atoms with E-state index in [1.54, 1.807) is 25.3 Å². The number of ether oxygens (including phenoxy) is 4. The van der Waals surface area contributed by atoms with Gasteiger partial charge in [-0.25, -0.2) is 10.1 Å². The van der Waals surface area contributed by atoms with E-state index in [1.807, 2.05) is 25.1 Å². The molecule has 1 aromatic heterocycles. The molecule has 0 atom stereocenters. The summed E-state index contributed by atoms with van der Waals surface area (Å²) >= 11 is 1.13. The van der Waals surface area contributed by atoms with Crippen molar-refractivity contribution in [2.45, 2.75) is 12.1 Å². The summed E-state index contributed by atoms with van der Waals surface area (Å²) in [6.07, 6.45) is 0. The maximum absolute atomic E-state index is 12.4. The number of rotatable bonds is 9. The largest absolute Gasteiger partial charge is 0.497 e. The normalized spacial score (nSPS) is 12.4. The number of nitrogens with zero attached hydrogens (tertiary/aromatic N) is 4. The lowest BCUT2D eigenvalue weighted by Gasteiger charge is -2.11. The van der Waals surface area contributed by atoms with Crippen molar-refractivity contribution in [2.75, 3.05) is 43.4 Å². The van der Waals surface area contributed by atoms with Crippen LogP contribution in [-0.4, -0.2) is 53.3 Å². The molecule has 0 saturated heterocycles. The molecule has 1 aliphatic rings. The van der Waals surface area contributed by atoms with E-state index in [0.717, 1.165) is 17.3 Å². The number of nitrogens with two attached hydrogens (primary N) is 1. The topological polar surface area (TPSA) is 147 Å². The van der Waals surface area contributed by atoms with E-state index in [1.165, 1.54) is 11.8 Å². The minimum atomic E-state index is -0.261. The SMILES string of the molecule is COc1ccc(NC(=O)CSc2nnc(N/N=C(\C)c3ccc4c(c3)OCO4)n2N)c(OC)c1. The molecule has 0 radical (unpaired) electrons. The van der Waals surface area contributed by atoms with E-state index in [-0.39, 0.29) is 24.4 Å². The number of methoxy groups -OCH3 is 2. The average Bonchev–Trinajstić information content (AvgIpc) is 3.47. The Balaban J connectivity index is 1.34. The summed E-state index contributed by atoms with van der Waals surface area (Å²) in [5.74, 6) is 8.55. The fourth-order valence-electron chi connectivity index (χ4n) is 2.99. The Morgan fingerprint density at radius 3 is 2.79 bits per heavy atom. The minimum Gasteiger partial charge on any atom is -0.497 e. The predicted molar refractivity (Wildman–Crippen MR) is 127 cm³/mol. The van der Waals surface area contributed by atoms with Gasteiger partial charge in [0.05, 0.1) is 31.4 Å². The molecule has 12 nitrogen and oxygen atoms in total. The molecule has 0 spiro atoms. The van der Waals surface area contributed by atoms with Crippen molar-refractivity contribution in [3.8, 4) is 23.0 Å². The van der Waals surface area contributed by atoms with Gasteiger partial charge < -0.3 is 30.1 Å². The predicted octanol–water partition coefficient (Wildman–Crippen LogP) is 2.30. The van der Waals surface area contributed by atoms with Gasteiger partial charge in [0.25, 0.3) is 5.95 Å². The fraction of sp³-hybridized carbons (Fsp3) is 0.238. The van der Waals surface area contributed by atoms with Gasteiger partial charge in [0.1, 0.15) is 11.5 Å². The van der Waals surface area contributed by atoms with Crippen molar-refractivity contribution < 1.29 is 23.7 Å². The summed E-state index contributed by atoms with van der Waals surface area (Å²) < 4.78 is 22.4. The van der Waals surface area contributed by atoms with Gasteiger partial charge in [-0.05, 0) is 37.3 Å². The molecule has 4 rings (SSSR count). The maximum atomic E-state index is 12.4. The third kappa shape index (κ3) is 5.09. The van der Waals surface area contributed by atoms with Crippen LogP contribution in [0.2, 0.25) is 0 Å². The molecule has 4 N–H and O–H groups in total. The molecule has 34 heavy (non-hydrogen) atoms. The number of fused-ring (bicyclic) bond motifs is 1. The lowest BCUT2D eigenvalue weighted by atomic mass is 10.1. The van der Waals surface area contributed by atoms with Gasteiger partial charge >= 0.3 is 0 Å². The quantitative estimate of drug-likeness (QED) is 0.178. The molecular weight excluding hydrogens is 462 g/mol. The van der Waals surface area contributed by atoms with Gasteiger partial charge in [-0.15, -0.1) is 10.2 Å². The molecule has 1 amide bonds. The Labute approximate surface area is 199 Å². The number of aromatic nitrogens is 3. The number of anilines is 2. The lowest BCUT2D eigenvalue weighted by Crippen LogP contribution is -2.17. The molecule has 13 heteroatoms. The summed E-state index contributed by atoms with van der Waals surface area (Å²) in [6.45, 7) is 2.03. The Morgan fingerprint density at radius 2 is 2.00 bits per heavy atom. The third-order valence-corrected chi connectivity index (χ3v) is 5.74. The first-order valence-electron chi connectivity index (χ1n) is 10.0. The number of carbonyl (C=O) groups is 1. The van der Waals surface area contributed by atoms with Crippen LogP contribution >= 0.6 is 11.8 Å². The molecule has 0 unspecified atom stereocenters. The van der Waals surface area contributed by atoms with Crippen LogP contribution in [-0.2, 0) is 4.79 Å². The minimum absolute atomic E-state index is 0.0595. The van der Waals surface area contributed by atoms with Gasteiger partial charge in [-0.2, -0.15) is 5.10 Å². The molecule has 3 aromatic rings. The molecule has 2 heterocycles. The van der Waals surface area contributed by atoms with Crippen molar-refractivity contribution in [3.63, 3.8) is 0 Å². The van der Waals surface area contributed by atoms with Crippen LogP contribution in [0, 0.1) is 0 Å². The zero-order chi connectivity index (χ0) is 24.1. The second-order valence-corrected chi connectivity index (χ2v) is 7.90. The number of carbonyl (C=O) groups excluding carboxylic acids is 1. The Morgan fingerprint density at radius 1 is 1.18 bits per heavy atom. The van der Waals surface area contributed by atoms with Crippen LogP contribution in [0.3, 0.4) is 0 Å². The van der Waals surface area contributed by atoms with Crippen LogP contribution in [0.5, 0.6) is 23.0 Å². The maximum Gasteiger partial charge on any atom is 0.264 e. The van der Waals surface area contributed by atoms with Gasteiger partial charge in [-0.1, -0.05) is 11.8 Å². The summed E-state index contributed by atoms with van der Waals surface area (Å²) in [5, 5.41) is 15.4. The average molecular weight is 486 g/mol. The second-order valence-electron chi connectivity index (χ2n) is 6.96. The molecule has 0 aliphatic carbocycles. The monoisotopic (exact) mass is 485 g/mol. The molecule has 0 bridgehead atoms. The molecular formula is C21H23N7O5S. The van der Waals surface area contributed by atoms with Crippen molar-refractivity contribution in [1.82, 2.24) is 14.9 Å². The Bertz CT molecular complexity index is 1230.